The number of rotatable bonds is 2. The Balaban J connectivity index is 1.60. The van der Waals surface area contributed by atoms with E-state index in [1.165, 1.54) is 18.6 Å². The molecule has 0 spiro atoms. The minimum Gasteiger partial charge on any atom is -0.462 e. The SMILES string of the molecule is C=CC#CC(=O)[C@@]1(O)CCC2C3CC=C4CC(OC(C)=O)CC[C@]4(C)C3CC[C@@]21C. The van der Waals surface area contributed by atoms with E-state index >= 15 is 0 Å². The molecule has 0 aromatic heterocycles. The van der Waals surface area contributed by atoms with Crippen molar-refractivity contribution in [3.05, 3.63) is 24.3 Å². The number of ether oxygens (including phenoxy) is 1. The maximum Gasteiger partial charge on any atom is 0.302 e. The van der Waals surface area contributed by atoms with Gasteiger partial charge in [0, 0.05) is 18.8 Å². The van der Waals surface area contributed by atoms with E-state index in [-0.39, 0.29) is 23.3 Å². The van der Waals surface area contributed by atoms with Gasteiger partial charge in [0.05, 0.1) is 0 Å². The Hall–Kier alpha value is -1.86. The molecule has 0 amide bonds. The van der Waals surface area contributed by atoms with Crippen LogP contribution in [0.15, 0.2) is 24.3 Å². The van der Waals surface area contributed by atoms with Crippen molar-refractivity contribution in [3.8, 4) is 11.8 Å². The Kier molecular flexibility index (Phi) is 5.26. The van der Waals surface area contributed by atoms with Gasteiger partial charge in [0.2, 0.25) is 5.78 Å². The Labute approximate surface area is 180 Å². The predicted molar refractivity (Wildman–Crippen MR) is 115 cm³/mol. The third kappa shape index (κ3) is 3.01. The molecule has 4 aliphatic rings. The summed E-state index contributed by atoms with van der Waals surface area (Å²) in [4.78, 5) is 24.3. The molecule has 4 aliphatic carbocycles. The van der Waals surface area contributed by atoms with Gasteiger partial charge in [0.15, 0.2) is 0 Å². The summed E-state index contributed by atoms with van der Waals surface area (Å²) < 4.78 is 5.52. The molecule has 3 fully saturated rings. The van der Waals surface area contributed by atoms with E-state index in [1.807, 2.05) is 0 Å². The smallest absolute Gasteiger partial charge is 0.302 e. The van der Waals surface area contributed by atoms with Gasteiger partial charge in [0.1, 0.15) is 11.7 Å². The third-order valence-corrected chi connectivity index (χ3v) is 9.21. The first-order valence-corrected chi connectivity index (χ1v) is 11.4. The van der Waals surface area contributed by atoms with E-state index in [0.717, 1.165) is 44.9 Å². The first-order valence-electron chi connectivity index (χ1n) is 11.4. The Morgan fingerprint density at radius 3 is 2.63 bits per heavy atom. The lowest BCUT2D eigenvalue weighted by molar-refractivity contribution is -0.157. The maximum absolute atomic E-state index is 12.8. The lowest BCUT2D eigenvalue weighted by Gasteiger charge is -2.58. The number of carbonyl (C=O) groups excluding carboxylic acids is 2. The van der Waals surface area contributed by atoms with E-state index in [9.17, 15) is 14.7 Å². The van der Waals surface area contributed by atoms with E-state index in [4.69, 9.17) is 4.74 Å². The van der Waals surface area contributed by atoms with Crippen LogP contribution in [0.2, 0.25) is 0 Å². The normalized spacial score (nSPS) is 44.3. The van der Waals surface area contributed by atoms with Gasteiger partial charge < -0.3 is 9.84 Å². The first kappa shape index (κ1) is 21.4. The molecule has 30 heavy (non-hydrogen) atoms. The second-order valence-corrected chi connectivity index (χ2v) is 10.4. The number of carbonyl (C=O) groups is 2. The van der Waals surface area contributed by atoms with Crippen LogP contribution in [0.4, 0.5) is 0 Å². The van der Waals surface area contributed by atoms with E-state index < -0.39 is 11.0 Å². The number of allylic oxidation sites excluding steroid dienone is 2. The summed E-state index contributed by atoms with van der Waals surface area (Å²) in [5.74, 6) is 6.09. The van der Waals surface area contributed by atoms with E-state index in [2.05, 4.69) is 38.3 Å². The van der Waals surface area contributed by atoms with Gasteiger partial charge in [-0.15, -0.1) is 0 Å². The monoisotopic (exact) mass is 410 g/mol. The molecule has 0 heterocycles. The fourth-order valence-electron chi connectivity index (χ4n) is 7.57. The van der Waals surface area contributed by atoms with Gasteiger partial charge in [-0.25, -0.2) is 0 Å². The predicted octanol–water partition coefficient (Wildman–Crippen LogP) is 4.37. The topological polar surface area (TPSA) is 63.6 Å². The van der Waals surface area contributed by atoms with Gasteiger partial charge in [-0.05, 0) is 80.1 Å². The second kappa shape index (κ2) is 7.38. The highest BCUT2D eigenvalue weighted by Gasteiger charge is 2.66. The van der Waals surface area contributed by atoms with Gasteiger partial charge in [-0.1, -0.05) is 38.0 Å². The summed E-state index contributed by atoms with van der Waals surface area (Å²) in [5, 5.41) is 11.5. The highest BCUT2D eigenvalue weighted by atomic mass is 16.5. The number of hydrogen-bond acceptors (Lipinski definition) is 4. The Morgan fingerprint density at radius 2 is 1.93 bits per heavy atom. The van der Waals surface area contributed by atoms with Gasteiger partial charge in [-0.3, -0.25) is 9.59 Å². The number of Topliss-reactive ketones (excluding diaryl/α,β-unsaturated/α-hetero) is 1. The number of fused-ring (bicyclic) bond motifs is 5. The molecule has 4 heteroatoms. The van der Waals surface area contributed by atoms with Crippen molar-refractivity contribution >= 4 is 11.8 Å². The summed E-state index contributed by atoms with van der Waals surface area (Å²) in [6.07, 6.45) is 10.9. The standard InChI is InChI=1S/C26H34O4/c1-5-6-7-23(28)26(29)15-12-22-20-9-8-18-16-19(30-17(2)27)10-13-24(18,3)21(20)11-14-25(22,26)4/h5,8,19-22,29H,1,9-16H2,2-4H3/t19?,20?,21?,22?,24-,25-,26-/m0/s1. The fourth-order valence-corrected chi connectivity index (χ4v) is 7.57. The van der Waals surface area contributed by atoms with Crippen LogP contribution < -0.4 is 0 Å². The van der Waals surface area contributed by atoms with Crippen LogP contribution >= 0.6 is 0 Å². The van der Waals surface area contributed by atoms with Gasteiger partial charge in [-0.2, -0.15) is 0 Å². The van der Waals surface area contributed by atoms with Crippen LogP contribution in [0.5, 0.6) is 0 Å². The molecule has 4 nitrogen and oxygen atoms in total. The molecule has 4 rings (SSSR count). The molecule has 4 unspecified atom stereocenters. The molecule has 0 aromatic rings. The van der Waals surface area contributed by atoms with Crippen molar-refractivity contribution < 1.29 is 19.4 Å². The van der Waals surface area contributed by atoms with Gasteiger partial charge in [0.25, 0.3) is 0 Å². The van der Waals surface area contributed by atoms with E-state index in [0.29, 0.717) is 24.2 Å². The minimum atomic E-state index is -1.35. The van der Waals surface area contributed by atoms with Crippen LogP contribution in [-0.4, -0.2) is 28.6 Å². The number of aliphatic hydroxyl groups is 1. The number of hydrogen-bond donors (Lipinski definition) is 1. The lowest BCUT2D eigenvalue weighted by atomic mass is 9.46. The van der Waals surface area contributed by atoms with Crippen molar-refractivity contribution in [1.82, 2.24) is 0 Å². The molecule has 7 atom stereocenters. The molecule has 0 bridgehead atoms. The van der Waals surface area contributed by atoms with Crippen molar-refractivity contribution in [1.29, 1.82) is 0 Å². The van der Waals surface area contributed by atoms with Crippen LogP contribution in [-0.2, 0) is 14.3 Å². The second-order valence-electron chi connectivity index (χ2n) is 10.4. The third-order valence-electron chi connectivity index (χ3n) is 9.21. The summed E-state index contributed by atoms with van der Waals surface area (Å²) in [6.45, 7) is 9.56. The molecule has 1 N–H and O–H groups in total. The molecular weight excluding hydrogens is 376 g/mol. The van der Waals surface area contributed by atoms with Crippen LogP contribution in [0.25, 0.3) is 0 Å². The van der Waals surface area contributed by atoms with Crippen molar-refractivity contribution in [2.45, 2.75) is 83.8 Å². The summed E-state index contributed by atoms with van der Waals surface area (Å²) in [5.41, 5.74) is -0.186. The van der Waals surface area contributed by atoms with Crippen molar-refractivity contribution in [2.24, 2.45) is 28.6 Å². The lowest BCUT2D eigenvalue weighted by Crippen LogP contribution is -2.57. The maximum atomic E-state index is 12.8. The summed E-state index contributed by atoms with van der Waals surface area (Å²) >= 11 is 0. The molecule has 0 saturated heterocycles. The largest absolute Gasteiger partial charge is 0.462 e. The number of ketones is 1. The molecule has 0 aromatic carbocycles. The zero-order chi connectivity index (χ0) is 21.7. The minimum absolute atomic E-state index is 0.00450. The van der Waals surface area contributed by atoms with Gasteiger partial charge >= 0.3 is 5.97 Å². The fraction of sp³-hybridized carbons (Fsp3) is 0.692. The van der Waals surface area contributed by atoms with Crippen LogP contribution in [0.1, 0.15) is 72.1 Å². The highest BCUT2D eigenvalue weighted by Crippen LogP contribution is 2.67. The molecular formula is C26H34O4. The Bertz CT molecular complexity index is 860. The zero-order valence-corrected chi connectivity index (χ0v) is 18.5. The molecule has 0 aliphatic heterocycles. The average Bonchev–Trinajstić information content (AvgIpc) is 2.98. The van der Waals surface area contributed by atoms with E-state index in [1.54, 1.807) is 0 Å². The quantitative estimate of drug-likeness (QED) is 0.318. The Morgan fingerprint density at radius 1 is 1.20 bits per heavy atom. The van der Waals surface area contributed by atoms with Crippen LogP contribution in [0, 0.1) is 40.4 Å². The first-order chi connectivity index (χ1) is 14.2. The molecule has 3 saturated carbocycles. The average molecular weight is 411 g/mol. The van der Waals surface area contributed by atoms with Crippen LogP contribution in [0.3, 0.4) is 0 Å². The summed E-state index contributed by atoms with van der Waals surface area (Å²) in [7, 11) is 0. The van der Waals surface area contributed by atoms with Crippen molar-refractivity contribution in [3.63, 3.8) is 0 Å². The zero-order valence-electron chi connectivity index (χ0n) is 18.5. The molecule has 0 radical (unpaired) electrons. The summed E-state index contributed by atoms with van der Waals surface area (Å²) in [6, 6.07) is 0. The molecule has 162 valence electrons. The van der Waals surface area contributed by atoms with Crippen molar-refractivity contribution in [2.75, 3.05) is 0 Å². The highest BCUT2D eigenvalue weighted by molar-refractivity contribution is 6.03. The number of esters is 1.